The lowest BCUT2D eigenvalue weighted by atomic mass is 9.67. The second-order valence-electron chi connectivity index (χ2n) is 16.8. The number of carbonyl (C=O) groups is 4. The first-order valence-corrected chi connectivity index (χ1v) is 20.6. The Balaban J connectivity index is 0.866. The number of hydrogen-bond acceptors (Lipinski definition) is 8. The fourth-order valence-electron chi connectivity index (χ4n) is 11.3. The quantitative estimate of drug-likeness (QED) is 0.143. The molecule has 12 nitrogen and oxygen atoms in total. The number of fused-ring (bicyclic) bond motifs is 14. The molecule has 2 amide bonds. The second kappa shape index (κ2) is 11.8. The van der Waals surface area contributed by atoms with Gasteiger partial charge in [-0.25, -0.2) is 0 Å². The number of para-hydroxylation sites is 2. The number of nitrogens with one attached hydrogen (secondary N) is 4. The smallest absolute Gasteiger partial charge is 0.247 e. The first-order chi connectivity index (χ1) is 30.2. The van der Waals surface area contributed by atoms with Crippen molar-refractivity contribution in [1.82, 2.24) is 20.4 Å². The summed E-state index contributed by atoms with van der Waals surface area (Å²) in [5.41, 5.74) is 9.18. The van der Waals surface area contributed by atoms with Gasteiger partial charge in [-0.2, -0.15) is 10.2 Å². The summed E-state index contributed by atoms with van der Waals surface area (Å²) in [6.07, 6.45) is 0. The summed E-state index contributed by atoms with van der Waals surface area (Å²) in [7, 11) is 0. The number of rotatable bonds is 4. The molecular weight excluding hydrogens is 777 g/mol. The summed E-state index contributed by atoms with van der Waals surface area (Å²) in [6.45, 7) is 4.25. The van der Waals surface area contributed by atoms with Crippen molar-refractivity contribution in [2.75, 3.05) is 20.4 Å². The number of aromatic nitrogens is 4. The fourth-order valence-corrected chi connectivity index (χ4v) is 11.3. The molecule has 2 atom stereocenters. The van der Waals surface area contributed by atoms with Gasteiger partial charge in [0.2, 0.25) is 11.8 Å². The molecule has 4 N–H and O–H groups in total. The van der Waals surface area contributed by atoms with Crippen molar-refractivity contribution in [3.63, 3.8) is 0 Å². The van der Waals surface area contributed by atoms with Crippen molar-refractivity contribution in [2.45, 2.75) is 37.8 Å². The molecular formula is C50H34N8O4. The molecule has 6 heterocycles. The molecule has 0 bridgehead atoms. The van der Waals surface area contributed by atoms with Gasteiger partial charge in [-0.3, -0.25) is 29.4 Å². The molecule has 0 saturated carbocycles. The van der Waals surface area contributed by atoms with Crippen LogP contribution in [0.3, 0.4) is 0 Å². The zero-order valence-electron chi connectivity index (χ0n) is 33.4. The third-order valence-corrected chi connectivity index (χ3v) is 13.8. The predicted molar refractivity (Wildman–Crippen MR) is 233 cm³/mol. The molecule has 298 valence electrons. The Bertz CT molecular complexity index is 3120. The van der Waals surface area contributed by atoms with E-state index in [1.54, 1.807) is 9.80 Å². The number of aromatic amines is 2. The topological polar surface area (TPSA) is 156 Å². The Kier molecular flexibility index (Phi) is 6.60. The maximum absolute atomic E-state index is 15.4. The number of benzene rings is 5. The van der Waals surface area contributed by atoms with Crippen LogP contribution in [0.4, 0.5) is 23.0 Å². The lowest BCUT2D eigenvalue weighted by Crippen LogP contribution is -2.46. The van der Waals surface area contributed by atoms with E-state index in [0.717, 1.165) is 44.8 Å². The van der Waals surface area contributed by atoms with Gasteiger partial charge in [0.25, 0.3) is 0 Å². The van der Waals surface area contributed by atoms with E-state index in [1.807, 2.05) is 135 Å². The van der Waals surface area contributed by atoms with Gasteiger partial charge in [0.1, 0.15) is 10.8 Å². The molecule has 4 aliphatic heterocycles. The van der Waals surface area contributed by atoms with E-state index in [4.69, 9.17) is 0 Å². The highest BCUT2D eigenvalue weighted by Gasteiger charge is 2.64. The Morgan fingerprint density at radius 1 is 0.484 bits per heavy atom. The van der Waals surface area contributed by atoms with Gasteiger partial charge in [0, 0.05) is 78.4 Å². The van der Waals surface area contributed by atoms with Crippen LogP contribution >= 0.6 is 0 Å². The normalized spacial score (nSPS) is 20.9. The first kappa shape index (κ1) is 34.7. The molecule has 2 spiro atoms. The Labute approximate surface area is 354 Å². The molecule has 12 heteroatoms. The van der Waals surface area contributed by atoms with Crippen LogP contribution in [0.15, 0.2) is 132 Å². The number of hydrogen-bond donors (Lipinski definition) is 4. The lowest BCUT2D eigenvalue weighted by Gasteiger charge is -2.35. The Morgan fingerprint density at radius 3 is 1.27 bits per heavy atom. The molecule has 0 radical (unpaired) electrons. The maximum atomic E-state index is 15.4. The number of carbonyl (C=O) groups excluding carboxylic acids is 4. The third-order valence-electron chi connectivity index (χ3n) is 13.8. The van der Waals surface area contributed by atoms with Crippen LogP contribution in [0, 0.1) is 13.8 Å². The highest BCUT2D eigenvalue weighted by molar-refractivity contribution is 6.32. The first-order valence-electron chi connectivity index (χ1n) is 20.6. The number of nitrogens with zero attached hydrogens (tertiary/aromatic N) is 4. The van der Waals surface area contributed by atoms with Crippen LogP contribution in [0.1, 0.15) is 76.6 Å². The number of aryl methyl sites for hydroxylation is 2. The van der Waals surface area contributed by atoms with Gasteiger partial charge < -0.3 is 20.4 Å². The third kappa shape index (κ3) is 3.97. The predicted octanol–water partition coefficient (Wildman–Crippen LogP) is 7.48. The number of Topliss-reactive ketones (excluding diaryl/α,β-unsaturated/α-hetero) is 2. The highest BCUT2D eigenvalue weighted by atomic mass is 16.2. The molecule has 7 aromatic rings. The van der Waals surface area contributed by atoms with Crippen molar-refractivity contribution in [3.8, 4) is 0 Å². The van der Waals surface area contributed by atoms with Crippen LogP contribution in [0.25, 0.3) is 11.4 Å². The van der Waals surface area contributed by atoms with Crippen LogP contribution in [-0.2, 0) is 33.5 Å². The van der Waals surface area contributed by atoms with Gasteiger partial charge >= 0.3 is 0 Å². The summed E-state index contributed by atoms with van der Waals surface area (Å²) < 4.78 is 0. The van der Waals surface area contributed by atoms with Crippen molar-refractivity contribution in [3.05, 3.63) is 199 Å². The van der Waals surface area contributed by atoms with Crippen LogP contribution in [-0.4, -0.2) is 43.8 Å². The molecule has 6 aliphatic rings. The molecule has 2 unspecified atom stereocenters. The second-order valence-corrected chi connectivity index (χ2v) is 16.8. The lowest BCUT2D eigenvalue weighted by molar-refractivity contribution is -0.121. The van der Waals surface area contributed by atoms with E-state index < -0.39 is 10.8 Å². The zero-order chi connectivity index (χ0) is 41.8. The molecule has 0 fully saturated rings. The molecule has 2 aromatic heterocycles. The Morgan fingerprint density at radius 2 is 0.855 bits per heavy atom. The van der Waals surface area contributed by atoms with E-state index in [9.17, 15) is 9.59 Å². The molecule has 5 aromatic carbocycles. The number of anilines is 4. The van der Waals surface area contributed by atoms with Crippen LogP contribution in [0.2, 0.25) is 0 Å². The van der Waals surface area contributed by atoms with Gasteiger partial charge in [-0.1, -0.05) is 109 Å². The molecule has 62 heavy (non-hydrogen) atoms. The van der Waals surface area contributed by atoms with Crippen molar-refractivity contribution >= 4 is 57.8 Å². The average molecular weight is 811 g/mol. The fraction of sp³-hybridized carbons (Fsp3) is 0.120. The minimum absolute atomic E-state index is 0.179. The van der Waals surface area contributed by atoms with E-state index >= 15 is 9.59 Å². The minimum atomic E-state index is -1.42. The van der Waals surface area contributed by atoms with Crippen LogP contribution in [0.5, 0.6) is 0 Å². The zero-order valence-corrected chi connectivity index (χ0v) is 33.4. The van der Waals surface area contributed by atoms with E-state index in [-0.39, 0.29) is 36.5 Å². The standard InChI is InChI=1S/C50H34N8O4/c1-25-37-45(55-53-25)51-41-29-11-3-5-13-31(29)43(59)39(41)49(37)33-15-7-9-17-35(33)57(47(49)61)23-27-19-21-28(22-20-27)24-58-36-18-10-8-16-34(36)50(48(58)62)38-26(2)54-56-46(38)52-42-30-12-4-6-14-32(30)44(60)40(42)50/h3-22H,23-24H2,1-2H3,(H2,51,53,55)(H2,52,54,56). The molecule has 0 saturated heterocycles. The van der Waals surface area contributed by atoms with Crippen molar-refractivity contribution < 1.29 is 19.2 Å². The van der Waals surface area contributed by atoms with Gasteiger partial charge in [-0.05, 0) is 37.1 Å². The number of amides is 2. The summed E-state index contributed by atoms with van der Waals surface area (Å²) in [5.74, 6) is 0.252. The Hall–Kier alpha value is -8.12. The monoisotopic (exact) mass is 810 g/mol. The maximum Gasteiger partial charge on any atom is 0.247 e. The van der Waals surface area contributed by atoms with Gasteiger partial charge in [-0.15, -0.1) is 0 Å². The highest BCUT2D eigenvalue weighted by Crippen LogP contribution is 2.61. The summed E-state index contributed by atoms with van der Waals surface area (Å²) in [5, 5.41) is 22.2. The summed E-state index contributed by atoms with van der Waals surface area (Å²) in [4.78, 5) is 63.4. The van der Waals surface area contributed by atoms with Crippen LogP contribution < -0.4 is 20.4 Å². The molecule has 2 aliphatic carbocycles. The minimum Gasteiger partial charge on any atom is -0.338 e. The van der Waals surface area contributed by atoms with E-state index in [0.29, 0.717) is 67.8 Å². The van der Waals surface area contributed by atoms with Gasteiger partial charge in [0.15, 0.2) is 23.2 Å². The number of ketones is 2. The summed E-state index contributed by atoms with van der Waals surface area (Å²) >= 11 is 0. The van der Waals surface area contributed by atoms with E-state index in [1.165, 1.54) is 0 Å². The molecule has 13 rings (SSSR count). The number of H-pyrrole nitrogens is 2. The average Bonchev–Trinajstić information content (AvgIpc) is 4.11. The SMILES string of the molecule is Cc1[nH]nc2c1C1(C(=O)N(Cc3ccc(CN4C(=O)C5(C6=C(Nc7n[nH]c(C)c75)c5ccccc5C6=O)c5ccccc54)cc3)c3ccccc31)C1=C(N2)c2ccccc2C1=O. The van der Waals surface area contributed by atoms with Crippen molar-refractivity contribution in [1.29, 1.82) is 0 Å². The van der Waals surface area contributed by atoms with E-state index in [2.05, 4.69) is 31.0 Å². The van der Waals surface area contributed by atoms with Crippen molar-refractivity contribution in [2.24, 2.45) is 0 Å². The summed E-state index contributed by atoms with van der Waals surface area (Å²) in [6, 6.07) is 38.3. The largest absolute Gasteiger partial charge is 0.338 e. The van der Waals surface area contributed by atoms with Gasteiger partial charge in [0.05, 0.1) is 24.5 Å².